The normalized spacial score (nSPS) is 21.0. The van der Waals surface area contributed by atoms with Crippen LogP contribution in [0.4, 0.5) is 10.2 Å². The number of fused-ring (bicyclic) bond motifs is 1. The van der Waals surface area contributed by atoms with Crippen LogP contribution in [-0.2, 0) is 22.7 Å². The molecule has 2 aliphatic heterocycles. The van der Waals surface area contributed by atoms with Crippen molar-refractivity contribution < 1.29 is 14.0 Å². The third-order valence-electron chi connectivity index (χ3n) is 5.39. The number of hydrogen-bond acceptors (Lipinski definition) is 6. The number of nitrogens with zero attached hydrogens (tertiary/aromatic N) is 5. The highest BCUT2D eigenvalue weighted by atomic mass is 19.1. The molecule has 1 aromatic carbocycles. The van der Waals surface area contributed by atoms with Crippen LogP contribution in [-0.4, -0.2) is 52.0 Å². The van der Waals surface area contributed by atoms with Gasteiger partial charge in [-0.25, -0.2) is 19.8 Å². The van der Waals surface area contributed by atoms with E-state index in [1.54, 1.807) is 35.2 Å². The third kappa shape index (κ3) is 3.65. The molecule has 2 aromatic rings. The van der Waals surface area contributed by atoms with Crippen molar-refractivity contribution in [2.75, 3.05) is 11.9 Å². The zero-order valence-corrected chi connectivity index (χ0v) is 17.1. The Kier molecular flexibility index (Phi) is 5.25. The fourth-order valence-corrected chi connectivity index (χ4v) is 3.89. The SMILES string of the molecule is Cc1nc(C)n2c1N(C)C(=O)C(NC(=O)C1N=CN(Cc3ccccc3F)N1)CC2. The van der Waals surface area contributed by atoms with Crippen molar-refractivity contribution in [1.29, 1.82) is 0 Å². The first-order chi connectivity index (χ1) is 14.3. The van der Waals surface area contributed by atoms with Gasteiger partial charge in [-0.2, -0.15) is 0 Å². The molecule has 0 spiro atoms. The third-order valence-corrected chi connectivity index (χ3v) is 5.39. The Hall–Kier alpha value is -3.27. The molecule has 2 amide bonds. The second-order valence-electron chi connectivity index (χ2n) is 7.48. The number of hydrogen-bond donors (Lipinski definition) is 2. The summed E-state index contributed by atoms with van der Waals surface area (Å²) in [5.41, 5.74) is 4.18. The summed E-state index contributed by atoms with van der Waals surface area (Å²) in [7, 11) is 1.69. The minimum absolute atomic E-state index is 0.199. The van der Waals surface area contributed by atoms with Crippen LogP contribution in [0.2, 0.25) is 0 Å². The number of rotatable bonds is 4. The second-order valence-corrected chi connectivity index (χ2v) is 7.48. The Morgan fingerprint density at radius 2 is 2.10 bits per heavy atom. The highest BCUT2D eigenvalue weighted by Crippen LogP contribution is 2.25. The molecule has 9 nitrogen and oxygen atoms in total. The number of anilines is 1. The molecular weight excluding hydrogens is 389 g/mol. The summed E-state index contributed by atoms with van der Waals surface area (Å²) in [6, 6.07) is 5.76. The predicted octanol–water partition coefficient (Wildman–Crippen LogP) is 0.865. The van der Waals surface area contributed by atoms with Gasteiger partial charge in [-0.05, 0) is 26.3 Å². The van der Waals surface area contributed by atoms with Crippen LogP contribution >= 0.6 is 0 Å². The van der Waals surface area contributed by atoms with Crippen LogP contribution in [0.15, 0.2) is 29.3 Å². The predicted molar refractivity (Wildman–Crippen MR) is 109 cm³/mol. The Bertz CT molecular complexity index is 1020. The summed E-state index contributed by atoms with van der Waals surface area (Å²) in [6.07, 6.45) is 1.04. The lowest BCUT2D eigenvalue weighted by Crippen LogP contribution is -2.52. The van der Waals surface area contributed by atoms with E-state index in [-0.39, 0.29) is 18.3 Å². The van der Waals surface area contributed by atoms with Crippen molar-refractivity contribution >= 4 is 24.0 Å². The number of amides is 2. The van der Waals surface area contributed by atoms with E-state index in [1.807, 2.05) is 18.4 Å². The van der Waals surface area contributed by atoms with Crippen molar-refractivity contribution in [2.45, 2.75) is 45.6 Å². The molecule has 2 N–H and O–H groups in total. The lowest BCUT2D eigenvalue weighted by Gasteiger charge is -2.23. The fourth-order valence-electron chi connectivity index (χ4n) is 3.89. The van der Waals surface area contributed by atoms with E-state index in [1.165, 1.54) is 12.4 Å². The summed E-state index contributed by atoms with van der Waals surface area (Å²) in [6.45, 7) is 4.56. The molecule has 0 fully saturated rings. The highest BCUT2D eigenvalue weighted by Gasteiger charge is 2.34. The minimum Gasteiger partial charge on any atom is -0.341 e. The summed E-state index contributed by atoms with van der Waals surface area (Å²) in [5, 5.41) is 4.35. The Balaban J connectivity index is 1.39. The number of aliphatic imine (C=N–C) groups is 1. The van der Waals surface area contributed by atoms with Gasteiger partial charge in [0.15, 0.2) is 6.17 Å². The molecular formula is C20H24FN7O2. The molecule has 0 radical (unpaired) electrons. The number of nitrogens with one attached hydrogen (secondary N) is 2. The quantitative estimate of drug-likeness (QED) is 0.776. The molecule has 3 heterocycles. The van der Waals surface area contributed by atoms with Crippen LogP contribution in [0.5, 0.6) is 0 Å². The van der Waals surface area contributed by atoms with Crippen LogP contribution in [0.3, 0.4) is 0 Å². The monoisotopic (exact) mass is 413 g/mol. The Labute approximate surface area is 173 Å². The number of carbonyl (C=O) groups excluding carboxylic acids is 2. The van der Waals surface area contributed by atoms with Gasteiger partial charge in [0, 0.05) is 19.2 Å². The maximum atomic E-state index is 13.8. The maximum absolute atomic E-state index is 13.8. The van der Waals surface area contributed by atoms with E-state index in [0.29, 0.717) is 18.5 Å². The summed E-state index contributed by atoms with van der Waals surface area (Å²) in [5.74, 6) is 0.654. The van der Waals surface area contributed by atoms with E-state index in [0.717, 1.165) is 17.3 Å². The number of likely N-dealkylation sites (N-methyl/N-ethyl adjacent to an activating group) is 1. The molecule has 10 heteroatoms. The summed E-state index contributed by atoms with van der Waals surface area (Å²) >= 11 is 0. The number of aromatic nitrogens is 2. The molecule has 2 aliphatic rings. The zero-order valence-electron chi connectivity index (χ0n) is 17.1. The largest absolute Gasteiger partial charge is 0.341 e. The number of halogens is 1. The smallest absolute Gasteiger partial charge is 0.261 e. The molecule has 0 aliphatic carbocycles. The summed E-state index contributed by atoms with van der Waals surface area (Å²) < 4.78 is 15.8. The Morgan fingerprint density at radius 3 is 2.87 bits per heavy atom. The van der Waals surface area contributed by atoms with Crippen LogP contribution in [0.25, 0.3) is 0 Å². The minimum atomic E-state index is -0.873. The van der Waals surface area contributed by atoms with Crippen LogP contribution in [0.1, 0.15) is 23.5 Å². The van der Waals surface area contributed by atoms with Gasteiger partial charge in [0.1, 0.15) is 29.8 Å². The van der Waals surface area contributed by atoms with Crippen molar-refractivity contribution in [3.8, 4) is 0 Å². The van der Waals surface area contributed by atoms with Crippen molar-refractivity contribution in [2.24, 2.45) is 4.99 Å². The molecule has 0 saturated heterocycles. The van der Waals surface area contributed by atoms with Gasteiger partial charge < -0.3 is 9.88 Å². The molecule has 2 atom stereocenters. The van der Waals surface area contributed by atoms with Gasteiger partial charge in [-0.1, -0.05) is 18.2 Å². The first-order valence-electron chi connectivity index (χ1n) is 9.76. The lowest BCUT2D eigenvalue weighted by molar-refractivity contribution is -0.129. The standard InChI is InChI=1S/C20H24FN7O2/c1-12-19-26(3)20(30)16(8-9-28(19)13(2)23-12)24-18(29)17-22-11-27(25-17)10-14-6-4-5-7-15(14)21/h4-7,11,16-17,25H,8-10H2,1-3H3,(H,24,29). The first kappa shape index (κ1) is 20.0. The number of carbonyl (C=O) groups is 2. The van der Waals surface area contributed by atoms with Gasteiger partial charge in [0.25, 0.3) is 11.8 Å². The van der Waals surface area contributed by atoms with Crippen LogP contribution < -0.4 is 15.6 Å². The number of benzene rings is 1. The van der Waals surface area contributed by atoms with Crippen molar-refractivity contribution in [3.05, 3.63) is 47.2 Å². The van der Waals surface area contributed by atoms with E-state index < -0.39 is 18.1 Å². The van der Waals surface area contributed by atoms with Crippen LogP contribution in [0, 0.1) is 19.7 Å². The maximum Gasteiger partial charge on any atom is 0.261 e. The van der Waals surface area contributed by atoms with Gasteiger partial charge in [-0.15, -0.1) is 0 Å². The van der Waals surface area contributed by atoms with Gasteiger partial charge in [-0.3, -0.25) is 19.5 Å². The van der Waals surface area contributed by atoms with Crippen molar-refractivity contribution in [1.82, 2.24) is 25.3 Å². The molecule has 4 rings (SSSR count). The topological polar surface area (TPSA) is 94.9 Å². The van der Waals surface area contributed by atoms with E-state index in [9.17, 15) is 14.0 Å². The number of aryl methyl sites for hydroxylation is 2. The average molecular weight is 413 g/mol. The zero-order chi connectivity index (χ0) is 21.4. The summed E-state index contributed by atoms with van der Waals surface area (Å²) in [4.78, 5) is 35.8. The average Bonchev–Trinajstić information content (AvgIpc) is 3.26. The van der Waals surface area contributed by atoms with Gasteiger partial charge in [0.05, 0.1) is 12.2 Å². The van der Waals surface area contributed by atoms with Crippen molar-refractivity contribution in [3.63, 3.8) is 0 Å². The van der Waals surface area contributed by atoms with E-state index >= 15 is 0 Å². The second kappa shape index (κ2) is 7.86. The molecule has 2 unspecified atom stereocenters. The Morgan fingerprint density at radius 1 is 1.33 bits per heavy atom. The number of imidazole rings is 1. The van der Waals surface area contributed by atoms with E-state index in [4.69, 9.17) is 0 Å². The lowest BCUT2D eigenvalue weighted by atomic mass is 10.2. The number of hydrazine groups is 1. The van der Waals surface area contributed by atoms with E-state index in [2.05, 4.69) is 20.7 Å². The van der Waals surface area contributed by atoms with Gasteiger partial charge in [0.2, 0.25) is 0 Å². The highest BCUT2D eigenvalue weighted by molar-refractivity contribution is 5.99. The first-order valence-corrected chi connectivity index (χ1v) is 9.76. The fraction of sp³-hybridized carbons (Fsp3) is 0.400. The van der Waals surface area contributed by atoms with Gasteiger partial charge >= 0.3 is 0 Å². The molecule has 0 saturated carbocycles. The molecule has 1 aromatic heterocycles. The molecule has 0 bridgehead atoms. The molecule has 158 valence electrons. The molecule has 30 heavy (non-hydrogen) atoms.